The summed E-state index contributed by atoms with van der Waals surface area (Å²) in [6, 6.07) is 8.06. The van der Waals surface area contributed by atoms with E-state index in [1.807, 2.05) is 24.3 Å². The van der Waals surface area contributed by atoms with Crippen molar-refractivity contribution in [2.75, 3.05) is 18.0 Å². The first kappa shape index (κ1) is 16.7. The molecule has 1 aromatic heterocycles. The van der Waals surface area contributed by atoms with Crippen molar-refractivity contribution in [3.05, 3.63) is 45.7 Å². The number of benzene rings is 1. The third kappa shape index (κ3) is 2.47. The highest BCUT2D eigenvalue weighted by Crippen LogP contribution is 2.45. The first-order valence-corrected chi connectivity index (χ1v) is 8.74. The maximum Gasteiger partial charge on any atom is 0.345 e. The Morgan fingerprint density at radius 1 is 1.27 bits per heavy atom. The molecule has 136 valence electrons. The van der Waals surface area contributed by atoms with Gasteiger partial charge in [0.05, 0.1) is 5.69 Å². The van der Waals surface area contributed by atoms with Gasteiger partial charge >= 0.3 is 5.97 Å². The molecule has 1 saturated carbocycles. The van der Waals surface area contributed by atoms with Crippen LogP contribution in [0.3, 0.4) is 0 Å². The molecule has 2 heterocycles. The van der Waals surface area contributed by atoms with Crippen molar-refractivity contribution in [1.29, 1.82) is 0 Å². The van der Waals surface area contributed by atoms with Gasteiger partial charge in [0.2, 0.25) is 0 Å². The average molecular weight is 355 g/mol. The van der Waals surface area contributed by atoms with Crippen LogP contribution in [0.5, 0.6) is 5.75 Å². The van der Waals surface area contributed by atoms with Crippen molar-refractivity contribution in [3.63, 3.8) is 0 Å². The predicted octanol–water partition coefficient (Wildman–Crippen LogP) is 1.40. The number of nitrogens with two attached hydrogens (primary N) is 1. The third-order valence-corrected chi connectivity index (χ3v) is 5.64. The van der Waals surface area contributed by atoms with Crippen LogP contribution in [0.1, 0.15) is 22.8 Å². The highest BCUT2D eigenvalue weighted by molar-refractivity contribution is 5.92. The Hall–Kier alpha value is -2.80. The molecular formula is C19H21N3O4. The van der Waals surface area contributed by atoms with E-state index in [-0.39, 0.29) is 0 Å². The standard InChI is InChI=1S/C19H21N3O4/c1-2-11-16(21-18(24)14(17(11)23)19(25)26)9-3-5-10(6-4-9)22-7-12-13(8-22)15(12)20/h3-6,12-13,15H,2,7-8,20H2,1H3,(H,25,26)(H2,21,23,24)/t12-,13+,15?. The van der Waals surface area contributed by atoms with E-state index in [0.717, 1.165) is 24.3 Å². The van der Waals surface area contributed by atoms with E-state index in [9.17, 15) is 14.7 Å². The van der Waals surface area contributed by atoms with E-state index < -0.39 is 22.8 Å². The largest absolute Gasteiger partial charge is 0.506 e. The molecule has 2 fully saturated rings. The molecule has 26 heavy (non-hydrogen) atoms. The molecule has 2 aliphatic rings. The summed E-state index contributed by atoms with van der Waals surface area (Å²) >= 11 is 0. The number of carboxylic acid groups (broad SMARTS) is 1. The van der Waals surface area contributed by atoms with Crippen molar-refractivity contribution >= 4 is 11.7 Å². The first-order valence-electron chi connectivity index (χ1n) is 8.74. The molecule has 0 amide bonds. The Bertz CT molecular complexity index is 923. The zero-order valence-electron chi connectivity index (χ0n) is 14.4. The van der Waals surface area contributed by atoms with Gasteiger partial charge in [-0.25, -0.2) is 4.79 Å². The van der Waals surface area contributed by atoms with Crippen molar-refractivity contribution < 1.29 is 15.0 Å². The Morgan fingerprint density at radius 3 is 2.42 bits per heavy atom. The van der Waals surface area contributed by atoms with Crippen LogP contribution in [-0.2, 0) is 6.42 Å². The highest BCUT2D eigenvalue weighted by atomic mass is 16.4. The number of rotatable bonds is 4. The fourth-order valence-electron chi connectivity index (χ4n) is 4.04. The number of H-pyrrole nitrogens is 1. The molecule has 3 atom stereocenters. The number of carbonyl (C=O) groups is 1. The highest BCUT2D eigenvalue weighted by Gasteiger charge is 2.53. The van der Waals surface area contributed by atoms with Crippen molar-refractivity contribution in [1.82, 2.24) is 4.98 Å². The normalized spacial score (nSPS) is 23.8. The number of aromatic nitrogens is 1. The Kier molecular flexibility index (Phi) is 3.77. The van der Waals surface area contributed by atoms with Crippen LogP contribution in [-0.4, -0.2) is 40.3 Å². The van der Waals surface area contributed by atoms with Crippen LogP contribution in [0.4, 0.5) is 5.69 Å². The molecule has 1 aliphatic heterocycles. The summed E-state index contributed by atoms with van der Waals surface area (Å²) in [5, 5.41) is 19.4. The van der Waals surface area contributed by atoms with Gasteiger partial charge in [0, 0.05) is 30.4 Å². The number of aromatic carboxylic acids is 1. The lowest BCUT2D eigenvalue weighted by atomic mass is 10.0. The molecule has 1 aromatic carbocycles. The van der Waals surface area contributed by atoms with Crippen LogP contribution >= 0.6 is 0 Å². The molecule has 1 aliphatic carbocycles. The van der Waals surface area contributed by atoms with Crippen molar-refractivity contribution in [2.45, 2.75) is 19.4 Å². The minimum absolute atomic E-state index is 0.346. The number of hydrogen-bond acceptors (Lipinski definition) is 5. The Morgan fingerprint density at radius 2 is 1.88 bits per heavy atom. The molecule has 1 unspecified atom stereocenters. The zero-order valence-corrected chi connectivity index (χ0v) is 14.4. The van der Waals surface area contributed by atoms with Crippen LogP contribution in [0.25, 0.3) is 11.3 Å². The molecule has 0 spiro atoms. The monoisotopic (exact) mass is 355 g/mol. The number of aromatic hydroxyl groups is 1. The predicted molar refractivity (Wildman–Crippen MR) is 97.7 cm³/mol. The zero-order chi connectivity index (χ0) is 18.6. The second kappa shape index (κ2) is 5.88. The van der Waals surface area contributed by atoms with E-state index in [1.165, 1.54) is 0 Å². The maximum absolute atomic E-state index is 12.1. The smallest absolute Gasteiger partial charge is 0.345 e. The molecule has 7 heteroatoms. The third-order valence-electron chi connectivity index (χ3n) is 5.64. The minimum atomic E-state index is -1.44. The van der Waals surface area contributed by atoms with Crippen molar-refractivity contribution in [3.8, 4) is 17.0 Å². The lowest BCUT2D eigenvalue weighted by Crippen LogP contribution is -2.27. The molecule has 4 rings (SSSR count). The summed E-state index contributed by atoms with van der Waals surface area (Å²) in [7, 11) is 0. The van der Waals surface area contributed by atoms with Crippen LogP contribution < -0.4 is 16.2 Å². The maximum atomic E-state index is 12.1. The van der Waals surface area contributed by atoms with E-state index in [1.54, 1.807) is 6.92 Å². The molecular weight excluding hydrogens is 334 g/mol. The second-order valence-electron chi connectivity index (χ2n) is 7.05. The van der Waals surface area contributed by atoms with Crippen LogP contribution in [0.15, 0.2) is 29.1 Å². The van der Waals surface area contributed by atoms with Gasteiger partial charge in [-0.05, 0) is 36.0 Å². The summed E-state index contributed by atoms with van der Waals surface area (Å²) < 4.78 is 0. The van der Waals surface area contributed by atoms with Gasteiger partial charge < -0.3 is 25.8 Å². The number of piperidine rings is 1. The second-order valence-corrected chi connectivity index (χ2v) is 7.05. The Balaban J connectivity index is 1.67. The van der Waals surface area contributed by atoms with E-state index in [2.05, 4.69) is 9.88 Å². The number of fused-ring (bicyclic) bond motifs is 1. The van der Waals surface area contributed by atoms with Gasteiger partial charge in [0.15, 0.2) is 5.56 Å². The fourth-order valence-corrected chi connectivity index (χ4v) is 4.04. The van der Waals surface area contributed by atoms with E-state index in [0.29, 0.717) is 35.6 Å². The molecule has 0 bridgehead atoms. The summed E-state index contributed by atoms with van der Waals surface area (Å²) in [5.74, 6) is -0.709. The topological polar surface area (TPSA) is 120 Å². The number of carboxylic acids is 1. The van der Waals surface area contributed by atoms with E-state index in [4.69, 9.17) is 10.8 Å². The quantitative estimate of drug-likeness (QED) is 0.658. The SMILES string of the molecule is CCc1c(-c2ccc(N3C[C@@H]4C(N)[C@@H]4C3)cc2)[nH]c(=O)c(C(=O)O)c1O. The van der Waals surface area contributed by atoms with Gasteiger partial charge in [0.1, 0.15) is 5.75 Å². The lowest BCUT2D eigenvalue weighted by Gasteiger charge is -2.21. The number of nitrogens with zero attached hydrogens (tertiary/aromatic N) is 1. The number of nitrogens with one attached hydrogen (secondary N) is 1. The number of pyridine rings is 1. The Labute approximate surface area is 150 Å². The number of aromatic amines is 1. The average Bonchev–Trinajstić information content (AvgIpc) is 3.03. The molecule has 0 radical (unpaired) electrons. The van der Waals surface area contributed by atoms with Gasteiger partial charge in [-0.1, -0.05) is 19.1 Å². The number of hydrogen-bond donors (Lipinski definition) is 4. The van der Waals surface area contributed by atoms with Gasteiger partial charge in [-0.2, -0.15) is 0 Å². The summed E-state index contributed by atoms with van der Waals surface area (Å²) in [6.45, 7) is 3.74. The van der Waals surface area contributed by atoms with Gasteiger partial charge in [-0.15, -0.1) is 0 Å². The van der Waals surface area contributed by atoms with E-state index >= 15 is 0 Å². The molecule has 5 N–H and O–H groups in total. The minimum Gasteiger partial charge on any atom is -0.506 e. The van der Waals surface area contributed by atoms with Gasteiger partial charge in [0.25, 0.3) is 5.56 Å². The molecule has 7 nitrogen and oxygen atoms in total. The summed E-state index contributed by atoms with van der Waals surface area (Å²) in [4.78, 5) is 28.2. The number of anilines is 1. The van der Waals surface area contributed by atoms with Crippen LogP contribution in [0, 0.1) is 11.8 Å². The van der Waals surface area contributed by atoms with Gasteiger partial charge in [-0.3, -0.25) is 4.79 Å². The van der Waals surface area contributed by atoms with Crippen LogP contribution in [0.2, 0.25) is 0 Å². The fraction of sp³-hybridized carbons (Fsp3) is 0.368. The molecule has 1 saturated heterocycles. The molecule has 2 aromatic rings. The first-order chi connectivity index (χ1) is 12.4. The summed E-state index contributed by atoms with van der Waals surface area (Å²) in [6.07, 6.45) is 0.396. The summed E-state index contributed by atoms with van der Waals surface area (Å²) in [5.41, 5.74) is 7.26. The van der Waals surface area contributed by atoms with Crippen molar-refractivity contribution in [2.24, 2.45) is 17.6 Å². The lowest BCUT2D eigenvalue weighted by molar-refractivity contribution is 0.0691.